The maximum atomic E-state index is 13.8. The number of alkyl halides is 1. The summed E-state index contributed by atoms with van der Waals surface area (Å²) in [6.45, 7) is 0.0502. The first-order valence-corrected chi connectivity index (χ1v) is 6.75. The molecule has 0 heterocycles. The quantitative estimate of drug-likeness (QED) is 0.783. The Balaban J connectivity index is 2.18. The van der Waals surface area contributed by atoms with E-state index in [0.29, 0.717) is 17.1 Å². The maximum absolute atomic E-state index is 13.8. The third kappa shape index (κ3) is 3.65. The van der Waals surface area contributed by atoms with E-state index in [1.54, 1.807) is 31.4 Å². The number of rotatable bonds is 5. The zero-order valence-electron chi connectivity index (χ0n) is 11.4. The van der Waals surface area contributed by atoms with Crippen LogP contribution in [0, 0.1) is 17.1 Å². The van der Waals surface area contributed by atoms with Crippen LogP contribution in [-0.2, 0) is 12.5 Å². The van der Waals surface area contributed by atoms with Crippen LogP contribution in [-0.4, -0.2) is 7.11 Å². The van der Waals surface area contributed by atoms with Gasteiger partial charge in [-0.05, 0) is 18.2 Å². The predicted octanol–water partition coefficient (Wildman–Crippen LogP) is 4.02. The van der Waals surface area contributed by atoms with Crippen molar-refractivity contribution in [2.24, 2.45) is 0 Å². The molecule has 21 heavy (non-hydrogen) atoms. The maximum Gasteiger partial charge on any atom is 0.131 e. The molecule has 108 valence electrons. The minimum Gasteiger partial charge on any atom is -0.497 e. The van der Waals surface area contributed by atoms with Crippen molar-refractivity contribution in [2.75, 3.05) is 7.11 Å². The van der Waals surface area contributed by atoms with Gasteiger partial charge in [0.15, 0.2) is 0 Å². The lowest BCUT2D eigenvalue weighted by Gasteiger charge is -2.12. The summed E-state index contributed by atoms with van der Waals surface area (Å²) in [7, 11) is 1.56. The van der Waals surface area contributed by atoms with Crippen molar-refractivity contribution in [1.82, 2.24) is 0 Å². The lowest BCUT2D eigenvalue weighted by molar-refractivity contribution is 0.295. The summed E-state index contributed by atoms with van der Waals surface area (Å²) < 4.78 is 24.5. The van der Waals surface area contributed by atoms with Gasteiger partial charge in [0.2, 0.25) is 0 Å². The molecule has 0 saturated heterocycles. The van der Waals surface area contributed by atoms with Gasteiger partial charge in [-0.15, -0.1) is 11.6 Å². The Labute approximate surface area is 127 Å². The molecule has 2 aromatic carbocycles. The molecular formula is C16H13ClFNO2. The third-order valence-electron chi connectivity index (χ3n) is 2.98. The van der Waals surface area contributed by atoms with Crippen molar-refractivity contribution in [3.8, 4) is 17.6 Å². The Morgan fingerprint density at radius 2 is 1.95 bits per heavy atom. The molecule has 0 bridgehead atoms. The van der Waals surface area contributed by atoms with Crippen LogP contribution in [0.3, 0.4) is 0 Å². The average Bonchev–Trinajstić information content (AvgIpc) is 2.53. The molecular weight excluding hydrogens is 293 g/mol. The highest BCUT2D eigenvalue weighted by Gasteiger charge is 2.08. The minimum atomic E-state index is -0.468. The monoisotopic (exact) mass is 305 g/mol. The highest BCUT2D eigenvalue weighted by Crippen LogP contribution is 2.27. The Morgan fingerprint density at radius 1 is 1.19 bits per heavy atom. The van der Waals surface area contributed by atoms with Crippen LogP contribution < -0.4 is 9.47 Å². The van der Waals surface area contributed by atoms with Crippen molar-refractivity contribution >= 4 is 11.6 Å². The Kier molecular flexibility index (Phi) is 5.02. The second-order valence-corrected chi connectivity index (χ2v) is 4.58. The van der Waals surface area contributed by atoms with Gasteiger partial charge in [0.1, 0.15) is 23.9 Å². The van der Waals surface area contributed by atoms with Crippen molar-refractivity contribution < 1.29 is 13.9 Å². The van der Waals surface area contributed by atoms with E-state index in [9.17, 15) is 4.39 Å². The molecule has 0 radical (unpaired) electrons. The number of methoxy groups -OCH3 is 1. The topological polar surface area (TPSA) is 42.2 Å². The van der Waals surface area contributed by atoms with E-state index in [-0.39, 0.29) is 18.1 Å². The van der Waals surface area contributed by atoms with E-state index >= 15 is 0 Å². The van der Waals surface area contributed by atoms with Crippen LogP contribution in [0.25, 0.3) is 0 Å². The number of nitriles is 1. The number of hydrogen-bond acceptors (Lipinski definition) is 3. The third-order valence-corrected chi connectivity index (χ3v) is 3.27. The van der Waals surface area contributed by atoms with Gasteiger partial charge in [-0.2, -0.15) is 5.26 Å². The standard InChI is InChI=1S/C16H13ClFNO2/c1-20-14-5-4-12(8-17)16(7-14)21-10-13-3-2-11(9-19)6-15(13)18/h2-7H,8,10H2,1H3. The van der Waals surface area contributed by atoms with E-state index < -0.39 is 5.82 Å². The molecule has 0 atom stereocenters. The molecule has 2 aromatic rings. The fourth-order valence-corrected chi connectivity index (χ4v) is 2.02. The smallest absolute Gasteiger partial charge is 0.131 e. The van der Waals surface area contributed by atoms with E-state index in [1.807, 2.05) is 6.07 Å². The summed E-state index contributed by atoms with van der Waals surface area (Å²) in [5, 5.41) is 8.71. The molecule has 0 saturated carbocycles. The Hall–Kier alpha value is -2.25. The summed E-state index contributed by atoms with van der Waals surface area (Å²) in [4.78, 5) is 0. The molecule has 0 aromatic heterocycles. The summed E-state index contributed by atoms with van der Waals surface area (Å²) in [5.41, 5.74) is 1.45. The second kappa shape index (κ2) is 6.96. The normalized spacial score (nSPS) is 10.0. The first-order chi connectivity index (χ1) is 10.2. The SMILES string of the molecule is COc1ccc(CCl)c(OCc2ccc(C#N)cc2F)c1. The first kappa shape index (κ1) is 15.1. The molecule has 0 N–H and O–H groups in total. The molecule has 0 aliphatic carbocycles. The molecule has 5 heteroatoms. The van der Waals surface area contributed by atoms with E-state index in [4.69, 9.17) is 26.3 Å². The number of hydrogen-bond donors (Lipinski definition) is 0. The summed E-state index contributed by atoms with van der Waals surface area (Å²) in [5.74, 6) is 1.01. The van der Waals surface area contributed by atoms with Crippen LogP contribution >= 0.6 is 11.6 Å². The fraction of sp³-hybridized carbons (Fsp3) is 0.188. The van der Waals surface area contributed by atoms with Gasteiger partial charge < -0.3 is 9.47 Å². The van der Waals surface area contributed by atoms with Gasteiger partial charge in [0.25, 0.3) is 0 Å². The lowest BCUT2D eigenvalue weighted by Crippen LogP contribution is -2.01. The first-order valence-electron chi connectivity index (χ1n) is 6.22. The summed E-state index contributed by atoms with van der Waals surface area (Å²) >= 11 is 5.85. The van der Waals surface area contributed by atoms with Gasteiger partial charge in [0.05, 0.1) is 24.6 Å². The van der Waals surface area contributed by atoms with Gasteiger partial charge in [-0.1, -0.05) is 12.1 Å². The highest BCUT2D eigenvalue weighted by molar-refractivity contribution is 6.17. The van der Waals surface area contributed by atoms with E-state index in [2.05, 4.69) is 0 Å². The fourth-order valence-electron chi connectivity index (χ4n) is 1.80. The number of benzene rings is 2. The summed E-state index contributed by atoms with van der Waals surface area (Å²) in [6, 6.07) is 11.5. The summed E-state index contributed by atoms with van der Waals surface area (Å²) in [6.07, 6.45) is 0. The molecule has 0 amide bonds. The van der Waals surface area contributed by atoms with Gasteiger partial charge in [-0.3, -0.25) is 0 Å². The van der Waals surface area contributed by atoms with Crippen molar-refractivity contribution in [2.45, 2.75) is 12.5 Å². The average molecular weight is 306 g/mol. The van der Waals surface area contributed by atoms with Crippen LogP contribution in [0.5, 0.6) is 11.5 Å². The van der Waals surface area contributed by atoms with Crippen molar-refractivity contribution in [1.29, 1.82) is 5.26 Å². The zero-order valence-corrected chi connectivity index (χ0v) is 12.2. The lowest BCUT2D eigenvalue weighted by atomic mass is 10.1. The minimum absolute atomic E-state index is 0.0502. The second-order valence-electron chi connectivity index (χ2n) is 4.31. The number of nitrogens with zero attached hydrogens (tertiary/aromatic N) is 1. The van der Waals surface area contributed by atoms with Crippen LogP contribution in [0.4, 0.5) is 4.39 Å². The van der Waals surface area contributed by atoms with Gasteiger partial charge in [-0.25, -0.2) is 4.39 Å². The Morgan fingerprint density at radius 3 is 2.57 bits per heavy atom. The predicted molar refractivity (Wildman–Crippen MR) is 78.0 cm³/mol. The molecule has 2 rings (SSSR count). The highest BCUT2D eigenvalue weighted by atomic mass is 35.5. The largest absolute Gasteiger partial charge is 0.497 e. The van der Waals surface area contributed by atoms with Crippen LogP contribution in [0.1, 0.15) is 16.7 Å². The van der Waals surface area contributed by atoms with Crippen molar-refractivity contribution in [3.63, 3.8) is 0 Å². The molecule has 0 unspecified atom stereocenters. The van der Waals surface area contributed by atoms with E-state index in [1.165, 1.54) is 12.1 Å². The molecule has 0 aliphatic rings. The number of ether oxygens (including phenoxy) is 2. The van der Waals surface area contributed by atoms with Gasteiger partial charge in [0, 0.05) is 17.2 Å². The molecule has 0 aliphatic heterocycles. The molecule has 3 nitrogen and oxygen atoms in total. The van der Waals surface area contributed by atoms with Crippen LogP contribution in [0.15, 0.2) is 36.4 Å². The zero-order chi connectivity index (χ0) is 15.2. The van der Waals surface area contributed by atoms with E-state index in [0.717, 1.165) is 5.56 Å². The van der Waals surface area contributed by atoms with Crippen molar-refractivity contribution in [3.05, 3.63) is 58.9 Å². The molecule has 0 fully saturated rings. The molecule has 0 spiro atoms. The van der Waals surface area contributed by atoms with Crippen LogP contribution in [0.2, 0.25) is 0 Å². The Bertz CT molecular complexity index is 682. The number of halogens is 2. The van der Waals surface area contributed by atoms with Gasteiger partial charge >= 0.3 is 0 Å².